The van der Waals surface area contributed by atoms with Gasteiger partial charge in [-0.1, -0.05) is 30.6 Å². The van der Waals surface area contributed by atoms with E-state index in [1.54, 1.807) is 29.2 Å². The fourth-order valence-corrected chi connectivity index (χ4v) is 1.81. The Labute approximate surface area is 118 Å². The summed E-state index contributed by atoms with van der Waals surface area (Å²) in [5.41, 5.74) is 6.53. The summed E-state index contributed by atoms with van der Waals surface area (Å²) in [5.74, 6) is -0.124. The number of oxime groups is 1. The zero-order chi connectivity index (χ0) is 15.0. The molecule has 0 saturated carbocycles. The lowest BCUT2D eigenvalue weighted by atomic mass is 10.1. The lowest BCUT2D eigenvalue weighted by molar-refractivity contribution is 0.0719. The maximum Gasteiger partial charge on any atom is 0.253 e. The molecule has 1 amide bonds. The first-order chi connectivity index (χ1) is 9.63. The first kappa shape index (κ1) is 16.0. The van der Waals surface area contributed by atoms with Gasteiger partial charge in [0, 0.05) is 24.2 Å². The highest BCUT2D eigenvalue weighted by atomic mass is 16.4. The molecule has 0 spiro atoms. The summed E-state index contributed by atoms with van der Waals surface area (Å²) in [7, 11) is 0. The Morgan fingerprint density at radius 1 is 1.25 bits per heavy atom. The van der Waals surface area contributed by atoms with Crippen LogP contribution in [0.25, 0.3) is 0 Å². The van der Waals surface area contributed by atoms with Crippen molar-refractivity contribution in [2.45, 2.75) is 19.8 Å². The number of hydrogen-bond donors (Lipinski definition) is 3. The molecule has 6 heteroatoms. The average Bonchev–Trinajstić information content (AvgIpc) is 2.50. The van der Waals surface area contributed by atoms with Crippen molar-refractivity contribution < 1.29 is 15.1 Å². The highest BCUT2D eigenvalue weighted by Crippen LogP contribution is 2.09. The minimum absolute atomic E-state index is 0.00203. The maximum atomic E-state index is 12.3. The van der Waals surface area contributed by atoms with Crippen LogP contribution in [-0.4, -0.2) is 46.7 Å². The summed E-state index contributed by atoms with van der Waals surface area (Å²) in [6.45, 7) is 2.93. The molecule has 4 N–H and O–H groups in total. The molecule has 0 unspecified atom stereocenters. The molecule has 0 aliphatic carbocycles. The van der Waals surface area contributed by atoms with Gasteiger partial charge >= 0.3 is 0 Å². The fourth-order valence-electron chi connectivity index (χ4n) is 1.81. The molecular formula is C14H21N3O3. The molecule has 0 bridgehead atoms. The lowest BCUT2D eigenvalue weighted by Gasteiger charge is -2.21. The van der Waals surface area contributed by atoms with Crippen LogP contribution in [0.15, 0.2) is 29.4 Å². The molecule has 0 radical (unpaired) electrons. The fraction of sp³-hybridized carbons (Fsp3) is 0.429. The number of hydrogen-bond acceptors (Lipinski definition) is 4. The van der Waals surface area contributed by atoms with Gasteiger partial charge in [0.05, 0.1) is 6.61 Å². The van der Waals surface area contributed by atoms with Crippen molar-refractivity contribution in [1.82, 2.24) is 4.90 Å². The smallest absolute Gasteiger partial charge is 0.253 e. The molecule has 0 aromatic heterocycles. The summed E-state index contributed by atoms with van der Waals surface area (Å²) < 4.78 is 0. The van der Waals surface area contributed by atoms with Gasteiger partial charge in [-0.25, -0.2) is 0 Å². The minimum Gasteiger partial charge on any atom is -0.409 e. The number of benzene rings is 1. The van der Waals surface area contributed by atoms with Gasteiger partial charge in [0.15, 0.2) is 5.84 Å². The van der Waals surface area contributed by atoms with Gasteiger partial charge in [-0.3, -0.25) is 4.79 Å². The maximum absolute atomic E-state index is 12.3. The van der Waals surface area contributed by atoms with Crippen LogP contribution in [-0.2, 0) is 0 Å². The second-order valence-corrected chi connectivity index (χ2v) is 4.43. The van der Waals surface area contributed by atoms with E-state index in [1.165, 1.54) is 0 Å². The van der Waals surface area contributed by atoms with E-state index in [0.29, 0.717) is 24.2 Å². The normalized spacial score (nSPS) is 11.4. The van der Waals surface area contributed by atoms with E-state index in [-0.39, 0.29) is 18.3 Å². The largest absolute Gasteiger partial charge is 0.409 e. The number of unbranched alkanes of at least 4 members (excludes halogenated alkanes) is 1. The first-order valence-corrected chi connectivity index (χ1v) is 6.62. The highest BCUT2D eigenvalue weighted by molar-refractivity contribution is 5.99. The zero-order valence-electron chi connectivity index (χ0n) is 11.6. The number of aliphatic hydroxyl groups is 1. The van der Waals surface area contributed by atoms with Gasteiger partial charge in [0.2, 0.25) is 0 Å². The average molecular weight is 279 g/mol. The quantitative estimate of drug-likeness (QED) is 0.300. The topological polar surface area (TPSA) is 99.2 Å². The molecule has 20 heavy (non-hydrogen) atoms. The van der Waals surface area contributed by atoms with E-state index in [9.17, 15) is 4.79 Å². The van der Waals surface area contributed by atoms with Gasteiger partial charge in [0.1, 0.15) is 0 Å². The van der Waals surface area contributed by atoms with Crippen LogP contribution >= 0.6 is 0 Å². The van der Waals surface area contributed by atoms with Gasteiger partial charge in [0.25, 0.3) is 5.91 Å². The van der Waals surface area contributed by atoms with Crippen molar-refractivity contribution in [2.75, 3.05) is 19.7 Å². The molecule has 0 heterocycles. The van der Waals surface area contributed by atoms with Crippen LogP contribution in [0.5, 0.6) is 0 Å². The zero-order valence-corrected chi connectivity index (χ0v) is 11.6. The molecule has 110 valence electrons. The number of aliphatic hydroxyl groups excluding tert-OH is 1. The van der Waals surface area contributed by atoms with E-state index >= 15 is 0 Å². The monoisotopic (exact) mass is 279 g/mol. The summed E-state index contributed by atoms with van der Waals surface area (Å²) in [6, 6.07) is 6.51. The van der Waals surface area contributed by atoms with Crippen LogP contribution < -0.4 is 5.73 Å². The molecule has 1 rings (SSSR count). The van der Waals surface area contributed by atoms with Crippen LogP contribution in [0.2, 0.25) is 0 Å². The number of amidine groups is 1. The number of amides is 1. The third-order valence-electron chi connectivity index (χ3n) is 2.97. The van der Waals surface area contributed by atoms with Crippen molar-refractivity contribution in [2.24, 2.45) is 10.9 Å². The molecular weight excluding hydrogens is 258 g/mol. The predicted octanol–water partition coefficient (Wildman–Crippen LogP) is 1.02. The van der Waals surface area contributed by atoms with Crippen molar-refractivity contribution in [3.05, 3.63) is 35.4 Å². The highest BCUT2D eigenvalue weighted by Gasteiger charge is 2.14. The van der Waals surface area contributed by atoms with Crippen molar-refractivity contribution >= 4 is 11.7 Å². The van der Waals surface area contributed by atoms with Crippen LogP contribution in [0, 0.1) is 0 Å². The summed E-state index contributed by atoms with van der Waals surface area (Å²) in [4.78, 5) is 13.9. The van der Waals surface area contributed by atoms with Crippen LogP contribution in [0.1, 0.15) is 35.7 Å². The van der Waals surface area contributed by atoms with Crippen molar-refractivity contribution in [3.63, 3.8) is 0 Å². The molecule has 0 aliphatic heterocycles. The molecule has 1 aromatic carbocycles. The van der Waals surface area contributed by atoms with Gasteiger partial charge in [-0.2, -0.15) is 0 Å². The second-order valence-electron chi connectivity index (χ2n) is 4.43. The lowest BCUT2D eigenvalue weighted by Crippen LogP contribution is -2.34. The van der Waals surface area contributed by atoms with Gasteiger partial charge in [-0.05, 0) is 18.6 Å². The third-order valence-corrected chi connectivity index (χ3v) is 2.97. The summed E-state index contributed by atoms with van der Waals surface area (Å²) in [5, 5.41) is 20.5. The first-order valence-electron chi connectivity index (χ1n) is 6.62. The molecule has 0 fully saturated rings. The number of rotatable bonds is 7. The Hall–Kier alpha value is -2.08. The minimum atomic E-state index is -0.126. The third kappa shape index (κ3) is 4.24. The van der Waals surface area contributed by atoms with E-state index in [1.807, 2.05) is 6.92 Å². The van der Waals surface area contributed by atoms with E-state index < -0.39 is 0 Å². The Bertz CT molecular complexity index is 457. The van der Waals surface area contributed by atoms with E-state index in [4.69, 9.17) is 16.0 Å². The summed E-state index contributed by atoms with van der Waals surface area (Å²) >= 11 is 0. The number of carbonyl (C=O) groups is 1. The second kappa shape index (κ2) is 8.16. The predicted molar refractivity (Wildman–Crippen MR) is 76.9 cm³/mol. The molecule has 0 aliphatic rings. The van der Waals surface area contributed by atoms with Gasteiger partial charge in [-0.15, -0.1) is 0 Å². The molecule has 0 atom stereocenters. The van der Waals surface area contributed by atoms with Crippen LogP contribution in [0.4, 0.5) is 0 Å². The van der Waals surface area contributed by atoms with Crippen molar-refractivity contribution in [1.29, 1.82) is 0 Å². The standard InChI is InChI=1S/C14H21N3O3/c1-2-3-8-17(9-10-18)14(19)12-6-4-11(5-7-12)13(15)16-20/h4-7,18,20H,2-3,8-10H2,1H3,(H2,15,16). The van der Waals surface area contributed by atoms with E-state index in [2.05, 4.69) is 5.16 Å². The molecule has 0 saturated heterocycles. The van der Waals surface area contributed by atoms with Crippen LogP contribution in [0.3, 0.4) is 0 Å². The Morgan fingerprint density at radius 2 is 1.85 bits per heavy atom. The Morgan fingerprint density at radius 3 is 2.35 bits per heavy atom. The summed E-state index contributed by atoms with van der Waals surface area (Å²) in [6.07, 6.45) is 1.88. The number of nitrogens with zero attached hydrogens (tertiary/aromatic N) is 2. The van der Waals surface area contributed by atoms with Crippen molar-refractivity contribution in [3.8, 4) is 0 Å². The van der Waals surface area contributed by atoms with Gasteiger partial charge < -0.3 is 20.9 Å². The number of nitrogens with two attached hydrogens (primary N) is 1. The number of carbonyl (C=O) groups excluding carboxylic acids is 1. The molecule has 6 nitrogen and oxygen atoms in total. The Kier molecular flexibility index (Phi) is 6.52. The SMILES string of the molecule is CCCCN(CCO)C(=O)c1ccc(C(N)=NO)cc1. The van der Waals surface area contributed by atoms with E-state index in [0.717, 1.165) is 12.8 Å². The Balaban J connectivity index is 2.83. The molecule has 1 aromatic rings.